The molecule has 18 heavy (non-hydrogen) atoms. The quantitative estimate of drug-likeness (QED) is 0.805. The lowest BCUT2D eigenvalue weighted by atomic mass is 9.85. The van der Waals surface area contributed by atoms with Gasteiger partial charge in [-0.05, 0) is 31.7 Å². The van der Waals surface area contributed by atoms with Crippen LogP contribution in [0.1, 0.15) is 36.5 Å². The van der Waals surface area contributed by atoms with E-state index >= 15 is 0 Å². The number of aromatic nitrogens is 1. The number of Topliss-reactive ketones (excluding diaryl/α,β-unsaturated/α-hetero) is 1. The summed E-state index contributed by atoms with van der Waals surface area (Å²) in [6, 6.07) is 7.96. The number of rotatable bonds is 4. The normalized spacial score (nSPS) is 15.6. The van der Waals surface area contributed by atoms with E-state index in [9.17, 15) is 4.79 Å². The van der Waals surface area contributed by atoms with Crippen molar-refractivity contribution in [3.63, 3.8) is 0 Å². The molecular formula is C15H18N2O. The van der Waals surface area contributed by atoms with Gasteiger partial charge < -0.3 is 10.3 Å². The van der Waals surface area contributed by atoms with Crippen molar-refractivity contribution in [1.82, 2.24) is 4.98 Å². The first kappa shape index (κ1) is 11.3. The summed E-state index contributed by atoms with van der Waals surface area (Å²) in [7, 11) is 0. The first-order chi connectivity index (χ1) is 8.75. The molecule has 3 rings (SSSR count). The molecule has 0 unspecified atom stereocenters. The summed E-state index contributed by atoms with van der Waals surface area (Å²) in [5, 5.41) is 4.42. The maximum absolute atomic E-state index is 11.8. The van der Waals surface area contributed by atoms with E-state index in [0.717, 1.165) is 34.7 Å². The minimum atomic E-state index is 0.114. The fourth-order valence-electron chi connectivity index (χ4n) is 2.58. The van der Waals surface area contributed by atoms with Crippen LogP contribution in [0, 0.1) is 5.92 Å². The number of anilines is 1. The summed E-state index contributed by atoms with van der Waals surface area (Å²) in [5.74, 6) is 1.77. The number of benzene rings is 1. The lowest BCUT2D eigenvalue weighted by Crippen LogP contribution is -2.21. The molecule has 1 aromatic heterocycles. The molecule has 94 valence electrons. The smallest absolute Gasteiger partial charge is 0.164 e. The Morgan fingerprint density at radius 1 is 1.39 bits per heavy atom. The van der Waals surface area contributed by atoms with Crippen molar-refractivity contribution in [2.24, 2.45) is 5.92 Å². The number of hydrogen-bond donors (Lipinski definition) is 2. The predicted octanol–water partition coefficient (Wildman–Crippen LogP) is 3.58. The standard InChI is InChI=1S/C15H18N2O/c1-10(18)14-12-7-2-3-8-13(12)17-15(14)16-9-11-5-4-6-11/h2-3,7-8,11,16-17H,4-6,9H2,1H3. The maximum Gasteiger partial charge on any atom is 0.164 e. The summed E-state index contributed by atoms with van der Waals surface area (Å²) in [6.45, 7) is 2.59. The van der Waals surface area contributed by atoms with Crippen LogP contribution in [0.25, 0.3) is 10.9 Å². The SMILES string of the molecule is CC(=O)c1c(NCC2CCC2)[nH]c2ccccc12. The molecule has 0 saturated heterocycles. The molecule has 0 spiro atoms. The van der Waals surface area contributed by atoms with Crippen LogP contribution in [0.15, 0.2) is 24.3 Å². The largest absolute Gasteiger partial charge is 0.371 e. The van der Waals surface area contributed by atoms with Gasteiger partial charge in [0, 0.05) is 17.4 Å². The molecule has 1 aliphatic carbocycles. The van der Waals surface area contributed by atoms with Crippen molar-refractivity contribution in [2.45, 2.75) is 26.2 Å². The van der Waals surface area contributed by atoms with E-state index in [0.29, 0.717) is 0 Å². The Bertz CT molecular complexity index is 581. The van der Waals surface area contributed by atoms with Crippen LogP contribution >= 0.6 is 0 Å². The number of hydrogen-bond acceptors (Lipinski definition) is 2. The zero-order chi connectivity index (χ0) is 12.5. The van der Waals surface area contributed by atoms with Gasteiger partial charge in [-0.2, -0.15) is 0 Å². The van der Waals surface area contributed by atoms with Crippen LogP contribution in [0.3, 0.4) is 0 Å². The highest BCUT2D eigenvalue weighted by atomic mass is 16.1. The monoisotopic (exact) mass is 242 g/mol. The van der Waals surface area contributed by atoms with Crippen molar-refractivity contribution >= 4 is 22.5 Å². The van der Waals surface area contributed by atoms with Crippen molar-refractivity contribution in [3.05, 3.63) is 29.8 Å². The van der Waals surface area contributed by atoms with Crippen LogP contribution in [0.4, 0.5) is 5.82 Å². The maximum atomic E-state index is 11.8. The van der Waals surface area contributed by atoms with Gasteiger partial charge in [0.2, 0.25) is 0 Å². The number of fused-ring (bicyclic) bond motifs is 1. The average Bonchev–Trinajstić information content (AvgIpc) is 2.65. The summed E-state index contributed by atoms with van der Waals surface area (Å²) in [6.07, 6.45) is 3.96. The summed E-state index contributed by atoms with van der Waals surface area (Å²) < 4.78 is 0. The lowest BCUT2D eigenvalue weighted by molar-refractivity contribution is 0.102. The second-order valence-corrected chi connectivity index (χ2v) is 5.15. The third-order valence-corrected chi connectivity index (χ3v) is 3.85. The van der Waals surface area contributed by atoms with Crippen molar-refractivity contribution in [3.8, 4) is 0 Å². The number of aromatic amines is 1. The van der Waals surface area contributed by atoms with Crippen molar-refractivity contribution in [1.29, 1.82) is 0 Å². The first-order valence-electron chi connectivity index (χ1n) is 6.61. The summed E-state index contributed by atoms with van der Waals surface area (Å²) in [5.41, 5.74) is 1.82. The lowest BCUT2D eigenvalue weighted by Gasteiger charge is -2.25. The number of carbonyl (C=O) groups excluding carboxylic acids is 1. The Hall–Kier alpha value is -1.77. The highest BCUT2D eigenvalue weighted by molar-refractivity contribution is 6.11. The number of nitrogens with one attached hydrogen (secondary N) is 2. The van der Waals surface area contributed by atoms with Gasteiger partial charge in [0.05, 0.1) is 5.56 Å². The molecule has 2 N–H and O–H groups in total. The number of H-pyrrole nitrogens is 1. The molecular weight excluding hydrogens is 224 g/mol. The Morgan fingerprint density at radius 3 is 2.83 bits per heavy atom. The van der Waals surface area contributed by atoms with E-state index in [1.54, 1.807) is 6.92 Å². The molecule has 1 aromatic carbocycles. The first-order valence-corrected chi connectivity index (χ1v) is 6.61. The van der Waals surface area contributed by atoms with Gasteiger partial charge in [-0.3, -0.25) is 4.79 Å². The molecule has 0 radical (unpaired) electrons. The van der Waals surface area contributed by atoms with Crippen LogP contribution in [0.5, 0.6) is 0 Å². The third kappa shape index (κ3) is 1.90. The van der Waals surface area contributed by atoms with E-state index in [2.05, 4.69) is 10.3 Å². The average molecular weight is 242 g/mol. The van der Waals surface area contributed by atoms with Crippen LogP contribution in [0.2, 0.25) is 0 Å². The molecule has 0 atom stereocenters. The third-order valence-electron chi connectivity index (χ3n) is 3.85. The predicted molar refractivity (Wildman–Crippen MR) is 74.1 cm³/mol. The highest BCUT2D eigenvalue weighted by Gasteiger charge is 2.19. The van der Waals surface area contributed by atoms with Crippen molar-refractivity contribution < 1.29 is 4.79 Å². The second-order valence-electron chi connectivity index (χ2n) is 5.15. The Balaban J connectivity index is 1.93. The van der Waals surface area contributed by atoms with E-state index < -0.39 is 0 Å². The molecule has 1 saturated carbocycles. The molecule has 1 aliphatic rings. The fraction of sp³-hybridized carbons (Fsp3) is 0.400. The zero-order valence-corrected chi connectivity index (χ0v) is 10.6. The molecule has 1 heterocycles. The number of para-hydroxylation sites is 1. The topological polar surface area (TPSA) is 44.9 Å². The second kappa shape index (κ2) is 4.48. The van der Waals surface area contributed by atoms with Gasteiger partial charge in [-0.25, -0.2) is 0 Å². The molecule has 3 heteroatoms. The minimum Gasteiger partial charge on any atom is -0.371 e. The molecule has 0 amide bonds. The van der Waals surface area contributed by atoms with E-state index in [-0.39, 0.29) is 5.78 Å². The Kier molecular flexibility index (Phi) is 2.82. The molecule has 0 aliphatic heterocycles. The van der Waals surface area contributed by atoms with E-state index in [4.69, 9.17) is 0 Å². The summed E-state index contributed by atoms with van der Waals surface area (Å²) >= 11 is 0. The van der Waals surface area contributed by atoms with Gasteiger partial charge >= 0.3 is 0 Å². The Labute approximate surface area is 107 Å². The van der Waals surface area contributed by atoms with E-state index in [1.165, 1.54) is 19.3 Å². The van der Waals surface area contributed by atoms with Gasteiger partial charge in [0.15, 0.2) is 5.78 Å². The van der Waals surface area contributed by atoms with Crippen LogP contribution in [-0.4, -0.2) is 17.3 Å². The minimum absolute atomic E-state index is 0.114. The Morgan fingerprint density at radius 2 is 2.17 bits per heavy atom. The fourth-order valence-corrected chi connectivity index (χ4v) is 2.58. The molecule has 2 aromatic rings. The van der Waals surface area contributed by atoms with E-state index in [1.807, 2.05) is 24.3 Å². The number of carbonyl (C=O) groups is 1. The van der Waals surface area contributed by atoms with Gasteiger partial charge in [0.25, 0.3) is 0 Å². The molecule has 3 nitrogen and oxygen atoms in total. The summed E-state index contributed by atoms with van der Waals surface area (Å²) in [4.78, 5) is 15.1. The molecule has 0 bridgehead atoms. The van der Waals surface area contributed by atoms with Gasteiger partial charge in [0.1, 0.15) is 5.82 Å². The zero-order valence-electron chi connectivity index (χ0n) is 10.6. The number of ketones is 1. The molecule has 1 fully saturated rings. The van der Waals surface area contributed by atoms with Crippen molar-refractivity contribution in [2.75, 3.05) is 11.9 Å². The van der Waals surface area contributed by atoms with Gasteiger partial charge in [-0.1, -0.05) is 24.6 Å². The van der Waals surface area contributed by atoms with Crippen LogP contribution < -0.4 is 5.32 Å². The highest BCUT2D eigenvalue weighted by Crippen LogP contribution is 2.29. The van der Waals surface area contributed by atoms with Gasteiger partial charge in [-0.15, -0.1) is 0 Å². The van der Waals surface area contributed by atoms with Crippen LogP contribution in [-0.2, 0) is 0 Å².